The first-order valence-corrected chi connectivity index (χ1v) is 8.05. The van der Waals surface area contributed by atoms with E-state index in [0.29, 0.717) is 25.1 Å². The fourth-order valence-electron chi connectivity index (χ4n) is 2.66. The average molecular weight is 340 g/mol. The van der Waals surface area contributed by atoms with Crippen molar-refractivity contribution in [2.75, 3.05) is 19.6 Å². The molecule has 0 aromatic heterocycles. The molecule has 0 unspecified atom stereocenters. The summed E-state index contributed by atoms with van der Waals surface area (Å²) in [6.07, 6.45) is 4.96. The van der Waals surface area contributed by atoms with Gasteiger partial charge in [-0.3, -0.25) is 9.59 Å². The van der Waals surface area contributed by atoms with Crippen LogP contribution in [0.1, 0.15) is 48.0 Å². The SMILES string of the molecule is Cl.NCc1ccc(C(=O)NCCC(=O)N2CCCCCC2)cc1. The van der Waals surface area contributed by atoms with E-state index in [0.717, 1.165) is 31.5 Å². The maximum Gasteiger partial charge on any atom is 0.251 e. The molecule has 1 heterocycles. The van der Waals surface area contributed by atoms with Gasteiger partial charge in [-0.1, -0.05) is 25.0 Å². The highest BCUT2D eigenvalue weighted by Crippen LogP contribution is 2.10. The van der Waals surface area contributed by atoms with Gasteiger partial charge in [0.15, 0.2) is 0 Å². The van der Waals surface area contributed by atoms with E-state index < -0.39 is 0 Å². The molecule has 0 aliphatic carbocycles. The van der Waals surface area contributed by atoms with Gasteiger partial charge in [0.2, 0.25) is 5.91 Å². The lowest BCUT2D eigenvalue weighted by atomic mass is 10.1. The molecular formula is C17H26ClN3O2. The van der Waals surface area contributed by atoms with Crippen LogP contribution in [0.15, 0.2) is 24.3 Å². The van der Waals surface area contributed by atoms with Gasteiger partial charge < -0.3 is 16.0 Å². The number of carbonyl (C=O) groups excluding carboxylic acids is 2. The van der Waals surface area contributed by atoms with Crippen LogP contribution >= 0.6 is 12.4 Å². The molecule has 0 spiro atoms. The van der Waals surface area contributed by atoms with Gasteiger partial charge in [0.1, 0.15) is 0 Å². The maximum atomic E-state index is 12.1. The minimum atomic E-state index is -0.146. The summed E-state index contributed by atoms with van der Waals surface area (Å²) < 4.78 is 0. The third-order valence-electron chi connectivity index (χ3n) is 4.04. The molecule has 1 aromatic rings. The maximum absolute atomic E-state index is 12.1. The lowest BCUT2D eigenvalue weighted by Gasteiger charge is -2.20. The average Bonchev–Trinajstić information content (AvgIpc) is 2.84. The summed E-state index contributed by atoms with van der Waals surface area (Å²) in [6, 6.07) is 7.21. The fraction of sp³-hybridized carbons (Fsp3) is 0.529. The molecule has 23 heavy (non-hydrogen) atoms. The van der Waals surface area contributed by atoms with Crippen LogP contribution in [0, 0.1) is 0 Å². The molecule has 5 nitrogen and oxygen atoms in total. The summed E-state index contributed by atoms with van der Waals surface area (Å²) >= 11 is 0. The van der Waals surface area contributed by atoms with Crippen LogP contribution in [0.2, 0.25) is 0 Å². The molecule has 0 radical (unpaired) electrons. The fourth-order valence-corrected chi connectivity index (χ4v) is 2.66. The highest BCUT2D eigenvalue weighted by molar-refractivity contribution is 5.94. The standard InChI is InChI=1S/C17H25N3O2.ClH/c18-13-14-5-7-15(8-6-14)17(22)19-10-9-16(21)20-11-3-1-2-4-12-20;/h5-8H,1-4,9-13,18H2,(H,19,22);1H. The molecule has 1 aromatic carbocycles. The van der Waals surface area contributed by atoms with Crippen molar-refractivity contribution >= 4 is 24.2 Å². The van der Waals surface area contributed by atoms with E-state index in [1.54, 1.807) is 12.1 Å². The number of amides is 2. The molecule has 3 N–H and O–H groups in total. The molecule has 2 amide bonds. The van der Waals surface area contributed by atoms with Crippen LogP contribution in [0.25, 0.3) is 0 Å². The van der Waals surface area contributed by atoms with Gasteiger partial charge in [-0.2, -0.15) is 0 Å². The van der Waals surface area contributed by atoms with E-state index in [9.17, 15) is 9.59 Å². The lowest BCUT2D eigenvalue weighted by Crippen LogP contribution is -2.35. The van der Waals surface area contributed by atoms with Crippen LogP contribution in [-0.4, -0.2) is 36.3 Å². The van der Waals surface area contributed by atoms with Gasteiger partial charge in [0.25, 0.3) is 5.91 Å². The largest absolute Gasteiger partial charge is 0.352 e. The first-order valence-electron chi connectivity index (χ1n) is 8.05. The number of halogens is 1. The number of nitrogens with one attached hydrogen (secondary N) is 1. The number of benzene rings is 1. The molecule has 1 aliphatic rings. The first-order chi connectivity index (χ1) is 10.7. The Kier molecular flexibility index (Phi) is 8.66. The number of hydrogen-bond donors (Lipinski definition) is 2. The van der Waals surface area contributed by atoms with Crippen molar-refractivity contribution in [3.63, 3.8) is 0 Å². The molecule has 0 atom stereocenters. The molecule has 2 rings (SSSR count). The quantitative estimate of drug-likeness (QED) is 0.862. The van der Waals surface area contributed by atoms with Gasteiger partial charge >= 0.3 is 0 Å². The van der Waals surface area contributed by atoms with E-state index in [1.165, 1.54) is 12.8 Å². The Morgan fingerprint density at radius 3 is 2.22 bits per heavy atom. The van der Waals surface area contributed by atoms with Crippen LogP contribution < -0.4 is 11.1 Å². The van der Waals surface area contributed by atoms with Crippen molar-refractivity contribution in [2.24, 2.45) is 5.73 Å². The van der Waals surface area contributed by atoms with E-state index >= 15 is 0 Å². The highest BCUT2D eigenvalue weighted by atomic mass is 35.5. The zero-order chi connectivity index (χ0) is 15.8. The molecule has 6 heteroatoms. The Bertz CT molecular complexity index is 497. The lowest BCUT2D eigenvalue weighted by molar-refractivity contribution is -0.131. The van der Waals surface area contributed by atoms with Crippen molar-refractivity contribution in [1.29, 1.82) is 0 Å². The monoisotopic (exact) mass is 339 g/mol. The van der Waals surface area contributed by atoms with Crippen LogP contribution in [0.3, 0.4) is 0 Å². The number of hydrogen-bond acceptors (Lipinski definition) is 3. The normalized spacial score (nSPS) is 14.6. The zero-order valence-corrected chi connectivity index (χ0v) is 14.2. The van der Waals surface area contributed by atoms with Crippen molar-refractivity contribution in [3.05, 3.63) is 35.4 Å². The smallest absolute Gasteiger partial charge is 0.251 e. The summed E-state index contributed by atoms with van der Waals surface area (Å²) in [7, 11) is 0. The minimum absolute atomic E-state index is 0. The number of carbonyl (C=O) groups is 2. The zero-order valence-electron chi connectivity index (χ0n) is 13.4. The molecular weight excluding hydrogens is 314 g/mol. The second-order valence-corrected chi connectivity index (χ2v) is 5.70. The van der Waals surface area contributed by atoms with E-state index in [2.05, 4.69) is 5.32 Å². The molecule has 128 valence electrons. The Morgan fingerprint density at radius 1 is 1.04 bits per heavy atom. The number of nitrogens with two attached hydrogens (primary N) is 1. The first kappa shape index (κ1) is 19.5. The Labute approximate surface area is 144 Å². The summed E-state index contributed by atoms with van der Waals surface area (Å²) in [5.74, 6) is -0.00656. The van der Waals surface area contributed by atoms with Crippen molar-refractivity contribution < 1.29 is 9.59 Å². The van der Waals surface area contributed by atoms with Crippen molar-refractivity contribution in [1.82, 2.24) is 10.2 Å². The van der Waals surface area contributed by atoms with Crippen molar-refractivity contribution in [2.45, 2.75) is 38.6 Å². The summed E-state index contributed by atoms with van der Waals surface area (Å²) in [5.41, 5.74) is 7.12. The summed E-state index contributed by atoms with van der Waals surface area (Å²) in [5, 5.41) is 2.80. The molecule has 0 saturated carbocycles. The molecule has 0 bridgehead atoms. The van der Waals surface area contributed by atoms with Crippen LogP contribution in [0.4, 0.5) is 0 Å². The van der Waals surface area contributed by atoms with Crippen LogP contribution in [0.5, 0.6) is 0 Å². The molecule has 1 aliphatic heterocycles. The molecule has 1 fully saturated rings. The minimum Gasteiger partial charge on any atom is -0.352 e. The molecule has 1 saturated heterocycles. The van der Waals surface area contributed by atoms with E-state index in [-0.39, 0.29) is 24.2 Å². The van der Waals surface area contributed by atoms with Gasteiger partial charge in [-0.25, -0.2) is 0 Å². The van der Waals surface area contributed by atoms with Gasteiger partial charge in [-0.15, -0.1) is 12.4 Å². The Hall–Kier alpha value is -1.59. The number of likely N-dealkylation sites (tertiary alicyclic amines) is 1. The van der Waals surface area contributed by atoms with E-state index in [1.807, 2.05) is 17.0 Å². The number of rotatable bonds is 5. The topological polar surface area (TPSA) is 75.4 Å². The third-order valence-corrected chi connectivity index (χ3v) is 4.04. The number of nitrogens with zero attached hydrogens (tertiary/aromatic N) is 1. The summed E-state index contributed by atoms with van der Waals surface area (Å²) in [6.45, 7) is 2.56. The van der Waals surface area contributed by atoms with Crippen LogP contribution in [-0.2, 0) is 11.3 Å². The van der Waals surface area contributed by atoms with Gasteiger partial charge in [-0.05, 0) is 30.5 Å². The van der Waals surface area contributed by atoms with Gasteiger partial charge in [0.05, 0.1) is 0 Å². The van der Waals surface area contributed by atoms with Gasteiger partial charge in [0, 0.05) is 38.2 Å². The third kappa shape index (κ3) is 6.20. The highest BCUT2D eigenvalue weighted by Gasteiger charge is 2.15. The Morgan fingerprint density at radius 2 is 1.65 bits per heavy atom. The van der Waals surface area contributed by atoms with Crippen molar-refractivity contribution in [3.8, 4) is 0 Å². The predicted octanol–water partition coefficient (Wildman–Crippen LogP) is 2.09. The summed E-state index contributed by atoms with van der Waals surface area (Å²) in [4.78, 5) is 26.0. The second-order valence-electron chi connectivity index (χ2n) is 5.70. The second kappa shape index (κ2) is 10.2. The Balaban J connectivity index is 0.00000264. The van der Waals surface area contributed by atoms with E-state index in [4.69, 9.17) is 5.73 Å². The predicted molar refractivity (Wildman–Crippen MR) is 93.6 cm³/mol.